The number of rotatable bonds is 7. The first-order valence-electron chi connectivity index (χ1n) is 13.4. The van der Waals surface area contributed by atoms with Gasteiger partial charge in [-0.05, 0) is 61.4 Å². The van der Waals surface area contributed by atoms with E-state index in [0.29, 0.717) is 23.4 Å². The van der Waals surface area contributed by atoms with E-state index in [1.165, 1.54) is 30.2 Å². The van der Waals surface area contributed by atoms with Gasteiger partial charge in [0.25, 0.3) is 0 Å². The Bertz CT molecular complexity index is 1640. The van der Waals surface area contributed by atoms with E-state index in [1.54, 1.807) is 54.3 Å². The van der Waals surface area contributed by atoms with Gasteiger partial charge < -0.3 is 14.7 Å². The maximum absolute atomic E-state index is 14.4. The number of hydrogen-bond donors (Lipinski definition) is 1. The summed E-state index contributed by atoms with van der Waals surface area (Å²) in [5.41, 5.74) is 0.497. The number of aryl methyl sites for hydroxylation is 1. The van der Waals surface area contributed by atoms with Crippen LogP contribution in [0.15, 0.2) is 73.1 Å². The van der Waals surface area contributed by atoms with Crippen LogP contribution in [0.25, 0.3) is 11.1 Å². The number of aromatic nitrogens is 2. The molecular formula is C31H29F3N4O4. The van der Waals surface area contributed by atoms with Gasteiger partial charge in [0.15, 0.2) is 11.5 Å². The molecule has 218 valence electrons. The van der Waals surface area contributed by atoms with E-state index in [-0.39, 0.29) is 35.0 Å². The second kappa shape index (κ2) is 11.2. The van der Waals surface area contributed by atoms with Crippen molar-refractivity contribution in [3.05, 3.63) is 84.2 Å². The lowest BCUT2D eigenvalue weighted by molar-refractivity contribution is -0.137. The second-order valence-electron chi connectivity index (χ2n) is 9.84. The number of carbonyl (C=O) groups is 2. The molecular weight excluding hydrogens is 549 g/mol. The van der Waals surface area contributed by atoms with Gasteiger partial charge >= 0.3 is 6.18 Å². The number of phenolic OH excluding ortho intramolecular Hbond substituents is 1. The van der Waals surface area contributed by atoms with Crippen molar-refractivity contribution in [1.29, 1.82) is 0 Å². The van der Waals surface area contributed by atoms with Crippen LogP contribution in [-0.4, -0.2) is 40.4 Å². The number of ether oxygens (including phenoxy) is 1. The fourth-order valence-corrected chi connectivity index (χ4v) is 5.22. The third-order valence-corrected chi connectivity index (χ3v) is 7.19. The van der Waals surface area contributed by atoms with Crippen molar-refractivity contribution in [2.75, 3.05) is 23.5 Å². The number of hydrogen-bond acceptors (Lipinski definition) is 5. The summed E-state index contributed by atoms with van der Waals surface area (Å²) in [4.78, 5) is 31.1. The molecule has 1 N–H and O–H groups in total. The molecule has 0 saturated heterocycles. The monoisotopic (exact) mass is 578 g/mol. The van der Waals surface area contributed by atoms with Crippen molar-refractivity contribution in [2.45, 2.75) is 38.9 Å². The third kappa shape index (κ3) is 5.06. The molecule has 42 heavy (non-hydrogen) atoms. The predicted octanol–water partition coefficient (Wildman–Crippen LogP) is 6.51. The molecule has 11 heteroatoms. The van der Waals surface area contributed by atoms with E-state index in [0.717, 1.165) is 23.5 Å². The fourth-order valence-electron chi connectivity index (χ4n) is 5.22. The number of methoxy groups -OCH3 is 1. The maximum atomic E-state index is 14.4. The summed E-state index contributed by atoms with van der Waals surface area (Å²) in [6, 6.07) is 14.2. The van der Waals surface area contributed by atoms with Gasteiger partial charge in [0.05, 0.1) is 30.2 Å². The third-order valence-electron chi connectivity index (χ3n) is 7.19. The summed E-state index contributed by atoms with van der Waals surface area (Å²) in [7, 11) is 1.35. The van der Waals surface area contributed by atoms with Crippen molar-refractivity contribution in [3.63, 3.8) is 0 Å². The summed E-state index contributed by atoms with van der Waals surface area (Å²) in [5, 5.41) is 15.3. The van der Waals surface area contributed by atoms with Crippen LogP contribution in [0.5, 0.6) is 11.5 Å². The molecule has 2 heterocycles. The van der Waals surface area contributed by atoms with Crippen molar-refractivity contribution < 1.29 is 32.6 Å². The van der Waals surface area contributed by atoms with Crippen molar-refractivity contribution >= 4 is 28.9 Å². The average Bonchev–Trinajstić information content (AvgIpc) is 3.40. The van der Waals surface area contributed by atoms with Gasteiger partial charge in [-0.1, -0.05) is 25.1 Å². The normalized spacial score (nSPS) is 15.5. The molecule has 0 aliphatic carbocycles. The zero-order valence-electron chi connectivity index (χ0n) is 23.2. The standard InChI is InChI=1S/C31H29F3N4O4/c1-4-13-36-18-20(17-35-36)23-14-19(15-26(42-3)28(23)39)27-29(40)37(5-2)24-12-11-21(31(32,33)34)16-25(24)38(30(27)41)22-9-7-6-8-10-22/h6-12,14-18,27,39H,4-5,13H2,1-3H3/t27-/m0/s1. The van der Waals surface area contributed by atoms with E-state index in [4.69, 9.17) is 4.74 Å². The van der Waals surface area contributed by atoms with E-state index in [1.807, 2.05) is 6.92 Å². The Balaban J connectivity index is 1.74. The Kier molecular flexibility index (Phi) is 7.68. The summed E-state index contributed by atoms with van der Waals surface area (Å²) in [5.74, 6) is -3.01. The highest BCUT2D eigenvalue weighted by Crippen LogP contribution is 2.46. The summed E-state index contributed by atoms with van der Waals surface area (Å²) < 4.78 is 48.6. The first-order valence-corrected chi connectivity index (χ1v) is 13.4. The Morgan fingerprint density at radius 2 is 1.71 bits per heavy atom. The number of phenols is 1. The number of amides is 2. The molecule has 0 spiro atoms. The number of nitrogens with zero attached hydrogens (tertiary/aromatic N) is 4. The topological polar surface area (TPSA) is 87.9 Å². The van der Waals surface area contributed by atoms with Crippen LogP contribution in [0.3, 0.4) is 0 Å². The van der Waals surface area contributed by atoms with Crippen molar-refractivity contribution in [3.8, 4) is 22.6 Å². The number of para-hydroxylation sites is 1. The number of benzene rings is 3. The van der Waals surface area contributed by atoms with Crippen LogP contribution < -0.4 is 14.5 Å². The molecule has 0 radical (unpaired) electrons. The molecule has 0 bridgehead atoms. The van der Waals surface area contributed by atoms with Crippen molar-refractivity contribution in [2.24, 2.45) is 0 Å². The molecule has 1 aromatic heterocycles. The number of alkyl halides is 3. The first kappa shape index (κ1) is 28.7. The smallest absolute Gasteiger partial charge is 0.416 e. The van der Waals surface area contributed by atoms with Gasteiger partial charge in [-0.3, -0.25) is 19.2 Å². The minimum Gasteiger partial charge on any atom is -0.504 e. The van der Waals surface area contributed by atoms with Crippen molar-refractivity contribution in [1.82, 2.24) is 9.78 Å². The number of likely N-dealkylation sites (N-methyl/N-ethyl adjacent to an activating group) is 1. The number of anilines is 3. The summed E-state index contributed by atoms with van der Waals surface area (Å²) in [6.07, 6.45) is -0.537. The average molecular weight is 579 g/mol. The highest BCUT2D eigenvalue weighted by molar-refractivity contribution is 6.23. The quantitative estimate of drug-likeness (QED) is 0.253. The molecule has 2 amide bonds. The molecule has 4 aromatic rings. The van der Waals surface area contributed by atoms with Gasteiger partial charge in [0.1, 0.15) is 5.92 Å². The van der Waals surface area contributed by atoms with Gasteiger partial charge in [0.2, 0.25) is 11.8 Å². The van der Waals surface area contributed by atoms with E-state index >= 15 is 0 Å². The highest BCUT2D eigenvalue weighted by atomic mass is 19.4. The van der Waals surface area contributed by atoms with Gasteiger partial charge in [-0.2, -0.15) is 18.3 Å². The molecule has 0 saturated carbocycles. The highest BCUT2D eigenvalue weighted by Gasteiger charge is 2.43. The summed E-state index contributed by atoms with van der Waals surface area (Å²) in [6.45, 7) is 4.42. The molecule has 0 unspecified atom stereocenters. The number of carbonyl (C=O) groups excluding carboxylic acids is 2. The molecule has 5 rings (SSSR count). The predicted molar refractivity (Wildman–Crippen MR) is 152 cm³/mol. The zero-order chi connectivity index (χ0) is 30.2. The summed E-state index contributed by atoms with van der Waals surface area (Å²) >= 11 is 0. The molecule has 3 aromatic carbocycles. The Morgan fingerprint density at radius 1 is 0.976 bits per heavy atom. The van der Waals surface area contributed by atoms with Crippen LogP contribution in [0.1, 0.15) is 37.3 Å². The number of aromatic hydroxyl groups is 1. The van der Waals surface area contributed by atoms with Gasteiger partial charge in [0, 0.05) is 36.1 Å². The minimum absolute atomic E-state index is 0.0294. The number of halogens is 3. The molecule has 1 aliphatic rings. The number of fused-ring (bicyclic) bond motifs is 1. The maximum Gasteiger partial charge on any atom is 0.416 e. The molecule has 1 atom stereocenters. The van der Waals surface area contributed by atoms with E-state index < -0.39 is 29.5 Å². The molecule has 8 nitrogen and oxygen atoms in total. The minimum atomic E-state index is -4.67. The SMILES string of the molecule is CCCn1cc(-c2cc([C@H]3C(=O)N(CC)c4ccc(C(F)(F)F)cc4N(c4ccccc4)C3=O)cc(OC)c2O)cn1. The van der Waals surface area contributed by atoms with Gasteiger partial charge in [-0.15, -0.1) is 0 Å². The fraction of sp³-hybridized carbons (Fsp3) is 0.258. The first-order chi connectivity index (χ1) is 20.1. The van der Waals surface area contributed by atoms with Crippen LogP contribution in [0, 0.1) is 0 Å². The zero-order valence-corrected chi connectivity index (χ0v) is 23.2. The lowest BCUT2D eigenvalue weighted by Crippen LogP contribution is -2.39. The van der Waals surface area contributed by atoms with Gasteiger partial charge in [-0.25, -0.2) is 0 Å². The van der Waals surface area contributed by atoms with Crippen LogP contribution in [0.2, 0.25) is 0 Å². The Hall–Kier alpha value is -4.80. The molecule has 1 aliphatic heterocycles. The lowest BCUT2D eigenvalue weighted by atomic mass is 9.92. The Morgan fingerprint density at radius 3 is 2.36 bits per heavy atom. The second-order valence-corrected chi connectivity index (χ2v) is 9.84. The largest absolute Gasteiger partial charge is 0.504 e. The lowest BCUT2D eigenvalue weighted by Gasteiger charge is -2.26. The van der Waals surface area contributed by atoms with Crippen LogP contribution in [0.4, 0.5) is 30.2 Å². The molecule has 0 fully saturated rings. The van der Waals surface area contributed by atoms with Crippen LogP contribution >= 0.6 is 0 Å². The van der Waals surface area contributed by atoms with E-state index in [2.05, 4.69) is 5.10 Å². The Labute approximate surface area is 240 Å². The van der Waals surface area contributed by atoms with E-state index in [9.17, 15) is 27.9 Å². The van der Waals surface area contributed by atoms with Crippen LogP contribution in [-0.2, 0) is 22.3 Å².